The van der Waals surface area contributed by atoms with Crippen LogP contribution in [-0.4, -0.2) is 28.9 Å². The van der Waals surface area contributed by atoms with Crippen LogP contribution in [0.4, 0.5) is 5.69 Å². The molecule has 0 unspecified atom stereocenters. The fourth-order valence-corrected chi connectivity index (χ4v) is 1.77. The number of aromatic nitrogens is 2. The van der Waals surface area contributed by atoms with Gasteiger partial charge in [0.1, 0.15) is 11.0 Å². The minimum atomic E-state index is -0.320. The summed E-state index contributed by atoms with van der Waals surface area (Å²) in [7, 11) is 0. The molecule has 6 nitrogen and oxygen atoms in total. The minimum absolute atomic E-state index is 0.112. The number of terminal acetylenes is 1. The van der Waals surface area contributed by atoms with Crippen LogP contribution in [0.2, 0.25) is 0 Å². The summed E-state index contributed by atoms with van der Waals surface area (Å²) in [5, 5.41) is 6.85. The maximum Gasteiger partial charge on any atom is 0.307 e. The summed E-state index contributed by atoms with van der Waals surface area (Å²) in [5.41, 5.74) is 0.196. The highest BCUT2D eigenvalue weighted by molar-refractivity contribution is 9.10. The van der Waals surface area contributed by atoms with Crippen LogP contribution in [0.1, 0.15) is 13.3 Å². The first-order valence-corrected chi connectivity index (χ1v) is 6.48. The van der Waals surface area contributed by atoms with E-state index in [0.717, 1.165) is 0 Å². The monoisotopic (exact) mass is 327 g/mol. The quantitative estimate of drug-likeness (QED) is 0.623. The molecule has 0 bridgehead atoms. The van der Waals surface area contributed by atoms with Gasteiger partial charge in [-0.05, 0) is 22.9 Å². The van der Waals surface area contributed by atoms with Gasteiger partial charge in [0, 0.05) is 6.54 Å². The van der Waals surface area contributed by atoms with E-state index in [2.05, 4.69) is 32.3 Å². The lowest BCUT2D eigenvalue weighted by atomic mass is 10.4. The van der Waals surface area contributed by atoms with Crippen molar-refractivity contribution in [1.82, 2.24) is 9.78 Å². The Morgan fingerprint density at radius 1 is 1.68 bits per heavy atom. The Hall–Kier alpha value is -1.81. The lowest BCUT2D eigenvalue weighted by Crippen LogP contribution is -2.24. The van der Waals surface area contributed by atoms with Gasteiger partial charge in [0.15, 0.2) is 0 Å². The number of ether oxygens (including phenoxy) is 1. The van der Waals surface area contributed by atoms with Gasteiger partial charge in [-0.3, -0.25) is 9.59 Å². The number of nitrogens with zero attached hydrogens (tertiary/aromatic N) is 2. The summed E-state index contributed by atoms with van der Waals surface area (Å²) < 4.78 is 6.29. The number of esters is 1. The number of carbonyl (C=O) groups is 1. The van der Waals surface area contributed by atoms with Gasteiger partial charge in [0.25, 0.3) is 5.56 Å². The predicted molar refractivity (Wildman–Crippen MR) is 74.8 cm³/mol. The summed E-state index contributed by atoms with van der Waals surface area (Å²) >= 11 is 3.18. The largest absolute Gasteiger partial charge is 0.466 e. The Bertz CT molecular complexity index is 548. The number of carbonyl (C=O) groups excluding carboxylic acids is 1. The van der Waals surface area contributed by atoms with Gasteiger partial charge < -0.3 is 10.1 Å². The minimum Gasteiger partial charge on any atom is -0.466 e. The molecule has 7 heteroatoms. The lowest BCUT2D eigenvalue weighted by molar-refractivity contribution is -0.142. The second kappa shape index (κ2) is 7.59. The van der Waals surface area contributed by atoms with Crippen molar-refractivity contribution in [3.05, 3.63) is 21.0 Å². The first kappa shape index (κ1) is 15.2. The van der Waals surface area contributed by atoms with Crippen LogP contribution in [0.25, 0.3) is 0 Å². The normalized spacial score (nSPS) is 9.74. The molecule has 0 aliphatic carbocycles. The second-order valence-corrected chi connectivity index (χ2v) is 4.31. The topological polar surface area (TPSA) is 73.2 Å². The summed E-state index contributed by atoms with van der Waals surface area (Å²) in [6.07, 6.45) is 6.82. The van der Waals surface area contributed by atoms with Crippen LogP contribution in [0.5, 0.6) is 0 Å². The van der Waals surface area contributed by atoms with Crippen molar-refractivity contribution >= 4 is 27.6 Å². The van der Waals surface area contributed by atoms with Crippen molar-refractivity contribution in [1.29, 1.82) is 0 Å². The summed E-state index contributed by atoms with van der Waals surface area (Å²) in [6, 6.07) is 0. The average Bonchev–Trinajstić information content (AvgIpc) is 2.38. The van der Waals surface area contributed by atoms with E-state index < -0.39 is 0 Å². The van der Waals surface area contributed by atoms with E-state index in [1.54, 1.807) is 6.92 Å². The third-order valence-corrected chi connectivity index (χ3v) is 2.94. The van der Waals surface area contributed by atoms with Gasteiger partial charge in [-0.2, -0.15) is 5.10 Å². The highest BCUT2D eigenvalue weighted by Crippen LogP contribution is 2.15. The molecule has 0 saturated carbocycles. The van der Waals surface area contributed by atoms with Crippen molar-refractivity contribution in [2.45, 2.75) is 19.9 Å². The summed E-state index contributed by atoms with van der Waals surface area (Å²) in [6.45, 7) is 2.57. The summed E-state index contributed by atoms with van der Waals surface area (Å²) in [4.78, 5) is 23.0. The molecular weight excluding hydrogens is 314 g/mol. The second-order valence-electron chi connectivity index (χ2n) is 3.52. The molecule has 1 aromatic rings. The number of hydrogen-bond donors (Lipinski definition) is 1. The van der Waals surface area contributed by atoms with E-state index in [-0.39, 0.29) is 24.5 Å². The molecule has 0 spiro atoms. The maximum atomic E-state index is 11.8. The van der Waals surface area contributed by atoms with Crippen molar-refractivity contribution in [2.24, 2.45) is 0 Å². The fraction of sp³-hybridized carbons (Fsp3) is 0.417. The van der Waals surface area contributed by atoms with E-state index in [1.807, 2.05) is 0 Å². The molecule has 0 radical (unpaired) electrons. The number of halogens is 1. The highest BCUT2D eigenvalue weighted by atomic mass is 79.9. The van der Waals surface area contributed by atoms with Crippen molar-refractivity contribution in [3.63, 3.8) is 0 Å². The van der Waals surface area contributed by atoms with Crippen LogP contribution in [0.3, 0.4) is 0 Å². The van der Waals surface area contributed by atoms with Crippen LogP contribution in [0, 0.1) is 12.3 Å². The molecule has 102 valence electrons. The van der Waals surface area contributed by atoms with Crippen LogP contribution in [0.15, 0.2) is 15.5 Å². The standard InChI is InChI=1S/C12H14BrN3O3/c1-3-7-16-12(18)11(13)9(8-15-16)14-6-5-10(17)19-4-2/h1,8,14H,4-7H2,2H3. The fourth-order valence-electron chi connectivity index (χ4n) is 1.32. The Morgan fingerprint density at radius 2 is 2.42 bits per heavy atom. The highest BCUT2D eigenvalue weighted by Gasteiger charge is 2.08. The predicted octanol–water partition coefficient (Wildman–Crippen LogP) is 1.00. The van der Waals surface area contributed by atoms with Crippen molar-refractivity contribution < 1.29 is 9.53 Å². The Kier molecular flexibility index (Phi) is 6.09. The molecule has 0 amide bonds. The number of rotatable bonds is 6. The summed E-state index contributed by atoms with van der Waals surface area (Å²) in [5.74, 6) is 2.05. The van der Waals surface area contributed by atoms with Crippen molar-refractivity contribution in [2.75, 3.05) is 18.5 Å². The third kappa shape index (κ3) is 4.41. The average molecular weight is 328 g/mol. The van der Waals surface area contributed by atoms with Gasteiger partial charge in [0.2, 0.25) is 0 Å². The zero-order valence-electron chi connectivity index (χ0n) is 10.5. The van der Waals surface area contributed by atoms with Gasteiger partial charge in [0.05, 0.1) is 24.9 Å². The number of anilines is 1. The molecule has 0 aliphatic rings. The van der Waals surface area contributed by atoms with Crippen molar-refractivity contribution in [3.8, 4) is 12.3 Å². The first-order chi connectivity index (χ1) is 9.10. The zero-order valence-corrected chi connectivity index (χ0v) is 12.1. The molecule has 0 fully saturated rings. The Morgan fingerprint density at radius 3 is 3.05 bits per heavy atom. The third-order valence-electron chi connectivity index (χ3n) is 2.18. The maximum absolute atomic E-state index is 11.8. The zero-order chi connectivity index (χ0) is 14.3. The lowest BCUT2D eigenvalue weighted by Gasteiger charge is -2.08. The molecule has 0 atom stereocenters. The van der Waals surface area contributed by atoms with E-state index >= 15 is 0 Å². The van der Waals surface area contributed by atoms with E-state index in [0.29, 0.717) is 23.3 Å². The Labute approximate surface area is 119 Å². The first-order valence-electron chi connectivity index (χ1n) is 5.68. The van der Waals surface area contributed by atoms with E-state index in [1.165, 1.54) is 10.9 Å². The van der Waals surface area contributed by atoms with Gasteiger partial charge in [-0.1, -0.05) is 5.92 Å². The van der Waals surface area contributed by atoms with Crippen LogP contribution in [-0.2, 0) is 16.1 Å². The molecular formula is C12H14BrN3O3. The molecule has 1 rings (SSSR count). The molecule has 0 aliphatic heterocycles. The smallest absolute Gasteiger partial charge is 0.307 e. The van der Waals surface area contributed by atoms with Gasteiger partial charge >= 0.3 is 5.97 Å². The molecule has 0 saturated heterocycles. The van der Waals surface area contributed by atoms with Gasteiger partial charge in [-0.15, -0.1) is 6.42 Å². The molecule has 1 aromatic heterocycles. The number of hydrogen-bond acceptors (Lipinski definition) is 5. The SMILES string of the molecule is C#CCn1ncc(NCCC(=O)OCC)c(Br)c1=O. The number of nitrogens with one attached hydrogen (secondary N) is 1. The van der Waals surface area contributed by atoms with Crippen LogP contribution >= 0.6 is 15.9 Å². The molecule has 1 N–H and O–H groups in total. The van der Waals surface area contributed by atoms with E-state index in [9.17, 15) is 9.59 Å². The van der Waals surface area contributed by atoms with Crippen LogP contribution < -0.4 is 10.9 Å². The van der Waals surface area contributed by atoms with E-state index in [4.69, 9.17) is 11.2 Å². The van der Waals surface area contributed by atoms with Gasteiger partial charge in [-0.25, -0.2) is 4.68 Å². The molecule has 19 heavy (non-hydrogen) atoms. The Balaban J connectivity index is 2.66. The molecule has 1 heterocycles. The molecule has 0 aromatic carbocycles.